The topological polar surface area (TPSA) is 29.5 Å². The molecule has 0 spiro atoms. The SMILES string of the molecule is Oc1cccc(OC(F)(F)F)c1Cl. The van der Waals surface area contributed by atoms with Crippen LogP contribution in [-0.4, -0.2) is 11.5 Å². The predicted octanol–water partition coefficient (Wildman–Crippen LogP) is 2.94. The molecule has 0 fully saturated rings. The third kappa shape index (κ3) is 2.69. The second-order valence-electron chi connectivity index (χ2n) is 2.14. The summed E-state index contributed by atoms with van der Waals surface area (Å²) in [5, 5.41) is 8.46. The van der Waals surface area contributed by atoms with Crippen LogP contribution in [0.3, 0.4) is 0 Å². The van der Waals surface area contributed by atoms with E-state index in [-0.39, 0.29) is 0 Å². The van der Waals surface area contributed by atoms with Crippen LogP contribution in [0.4, 0.5) is 13.2 Å². The van der Waals surface area contributed by atoms with E-state index in [1.807, 2.05) is 0 Å². The van der Waals surface area contributed by atoms with Gasteiger partial charge in [0.15, 0.2) is 5.75 Å². The van der Waals surface area contributed by atoms with E-state index in [1.54, 1.807) is 0 Å². The van der Waals surface area contributed by atoms with Gasteiger partial charge >= 0.3 is 6.36 Å². The zero-order chi connectivity index (χ0) is 10.1. The maximum atomic E-state index is 11.7. The fraction of sp³-hybridized carbons (Fsp3) is 0.143. The minimum Gasteiger partial charge on any atom is -0.506 e. The van der Waals surface area contributed by atoms with Gasteiger partial charge in [-0.05, 0) is 12.1 Å². The Balaban J connectivity index is 2.96. The van der Waals surface area contributed by atoms with E-state index in [0.29, 0.717) is 0 Å². The summed E-state index contributed by atoms with van der Waals surface area (Å²) in [5.41, 5.74) is 0. The Morgan fingerprint density at radius 3 is 2.46 bits per heavy atom. The van der Waals surface area contributed by atoms with Gasteiger partial charge in [-0.2, -0.15) is 0 Å². The Bertz CT molecular complexity index is 311. The van der Waals surface area contributed by atoms with Gasteiger partial charge in [0.2, 0.25) is 0 Å². The molecule has 0 aliphatic carbocycles. The molecule has 2 nitrogen and oxygen atoms in total. The number of phenols is 1. The predicted molar refractivity (Wildman–Crippen MR) is 39.8 cm³/mol. The minimum absolute atomic E-state index is 0.455. The monoisotopic (exact) mass is 212 g/mol. The van der Waals surface area contributed by atoms with Gasteiger partial charge < -0.3 is 9.84 Å². The van der Waals surface area contributed by atoms with E-state index in [9.17, 15) is 13.2 Å². The molecule has 1 N–H and O–H groups in total. The van der Waals surface area contributed by atoms with Crippen molar-refractivity contribution in [2.24, 2.45) is 0 Å². The highest BCUT2D eigenvalue weighted by Crippen LogP contribution is 2.35. The molecular weight excluding hydrogens is 209 g/mol. The van der Waals surface area contributed by atoms with Crippen LogP contribution >= 0.6 is 11.6 Å². The molecule has 0 saturated heterocycles. The summed E-state index contributed by atoms with van der Waals surface area (Å²) in [6.07, 6.45) is -4.81. The summed E-state index contributed by atoms with van der Waals surface area (Å²) < 4.78 is 38.6. The van der Waals surface area contributed by atoms with E-state index in [0.717, 1.165) is 12.1 Å². The Morgan fingerprint density at radius 2 is 1.92 bits per heavy atom. The molecule has 0 aliphatic heterocycles. The molecule has 0 radical (unpaired) electrons. The van der Waals surface area contributed by atoms with Crippen molar-refractivity contribution in [2.75, 3.05) is 0 Å². The number of ether oxygens (including phenoxy) is 1. The zero-order valence-electron chi connectivity index (χ0n) is 6.10. The molecule has 1 aromatic carbocycles. The number of hydrogen-bond donors (Lipinski definition) is 1. The van der Waals surface area contributed by atoms with Crippen LogP contribution in [-0.2, 0) is 0 Å². The number of aromatic hydroxyl groups is 1. The molecule has 13 heavy (non-hydrogen) atoms. The molecule has 0 unspecified atom stereocenters. The molecule has 1 aromatic rings. The van der Waals surface area contributed by atoms with Crippen molar-refractivity contribution in [1.29, 1.82) is 0 Å². The van der Waals surface area contributed by atoms with Crippen LogP contribution in [0.1, 0.15) is 0 Å². The van der Waals surface area contributed by atoms with Gasteiger partial charge in [0.05, 0.1) is 0 Å². The average molecular weight is 213 g/mol. The molecule has 0 aromatic heterocycles. The van der Waals surface area contributed by atoms with Gasteiger partial charge in [-0.3, -0.25) is 0 Å². The van der Waals surface area contributed by atoms with Gasteiger partial charge in [-0.25, -0.2) is 0 Å². The number of benzene rings is 1. The largest absolute Gasteiger partial charge is 0.573 e. The highest BCUT2D eigenvalue weighted by Gasteiger charge is 2.32. The summed E-state index contributed by atoms with van der Waals surface area (Å²) >= 11 is 5.32. The summed E-state index contributed by atoms with van der Waals surface area (Å²) in [6, 6.07) is 3.36. The van der Waals surface area contributed by atoms with Crippen molar-refractivity contribution in [3.63, 3.8) is 0 Å². The lowest BCUT2D eigenvalue weighted by atomic mass is 10.3. The van der Waals surface area contributed by atoms with Crippen LogP contribution in [0, 0.1) is 0 Å². The lowest BCUT2D eigenvalue weighted by Gasteiger charge is -2.10. The van der Waals surface area contributed by atoms with Gasteiger partial charge in [-0.1, -0.05) is 17.7 Å². The van der Waals surface area contributed by atoms with Crippen LogP contribution < -0.4 is 4.74 Å². The first kappa shape index (κ1) is 9.98. The first-order valence-electron chi connectivity index (χ1n) is 3.13. The Labute approximate surface area is 76.5 Å². The van der Waals surface area contributed by atoms with Gasteiger partial charge in [0, 0.05) is 0 Å². The van der Waals surface area contributed by atoms with E-state index in [4.69, 9.17) is 16.7 Å². The normalized spacial score (nSPS) is 11.4. The Morgan fingerprint density at radius 1 is 1.31 bits per heavy atom. The van der Waals surface area contributed by atoms with Crippen molar-refractivity contribution in [1.82, 2.24) is 0 Å². The summed E-state index contributed by atoms with van der Waals surface area (Å²) in [5.74, 6) is -1.07. The second-order valence-corrected chi connectivity index (χ2v) is 2.52. The molecule has 72 valence electrons. The van der Waals surface area contributed by atoms with Crippen LogP contribution in [0.15, 0.2) is 18.2 Å². The third-order valence-electron chi connectivity index (χ3n) is 1.17. The quantitative estimate of drug-likeness (QED) is 0.776. The first-order chi connectivity index (χ1) is 5.90. The first-order valence-corrected chi connectivity index (χ1v) is 3.51. The third-order valence-corrected chi connectivity index (χ3v) is 1.55. The molecule has 0 saturated carbocycles. The van der Waals surface area contributed by atoms with Gasteiger partial charge in [0.1, 0.15) is 10.8 Å². The van der Waals surface area contributed by atoms with Crippen molar-refractivity contribution < 1.29 is 23.0 Å². The lowest BCUT2D eigenvalue weighted by molar-refractivity contribution is -0.274. The molecule has 0 bridgehead atoms. The van der Waals surface area contributed by atoms with Gasteiger partial charge in [0.25, 0.3) is 0 Å². The molecule has 0 amide bonds. The molecule has 0 heterocycles. The smallest absolute Gasteiger partial charge is 0.506 e. The van der Waals surface area contributed by atoms with Crippen molar-refractivity contribution in [3.05, 3.63) is 23.2 Å². The molecule has 0 atom stereocenters. The van der Waals surface area contributed by atoms with Crippen molar-refractivity contribution in [2.45, 2.75) is 6.36 Å². The summed E-state index contributed by atoms with van der Waals surface area (Å²) in [6.45, 7) is 0. The van der Waals surface area contributed by atoms with E-state index in [1.165, 1.54) is 6.07 Å². The second kappa shape index (κ2) is 3.33. The number of halogens is 4. The standard InChI is InChI=1S/C7H4ClF3O2/c8-6-4(12)2-1-3-5(6)13-7(9,10)11/h1-3,12H. The minimum atomic E-state index is -4.81. The Hall–Kier alpha value is -1.10. The summed E-state index contributed by atoms with van der Waals surface area (Å²) in [7, 11) is 0. The van der Waals surface area contributed by atoms with E-state index in [2.05, 4.69) is 4.74 Å². The molecule has 6 heteroatoms. The van der Waals surface area contributed by atoms with Crippen LogP contribution in [0.5, 0.6) is 11.5 Å². The number of alkyl halides is 3. The zero-order valence-corrected chi connectivity index (χ0v) is 6.86. The summed E-state index contributed by atoms with van der Waals surface area (Å²) in [4.78, 5) is 0. The average Bonchev–Trinajstić information content (AvgIpc) is 1.96. The van der Waals surface area contributed by atoms with Crippen molar-refractivity contribution in [3.8, 4) is 11.5 Å². The molecule has 0 aliphatic rings. The van der Waals surface area contributed by atoms with Crippen LogP contribution in [0.2, 0.25) is 5.02 Å². The maximum Gasteiger partial charge on any atom is 0.573 e. The van der Waals surface area contributed by atoms with E-state index >= 15 is 0 Å². The highest BCUT2D eigenvalue weighted by atomic mass is 35.5. The van der Waals surface area contributed by atoms with Crippen molar-refractivity contribution >= 4 is 11.6 Å². The van der Waals surface area contributed by atoms with Crippen LogP contribution in [0.25, 0.3) is 0 Å². The number of phenolic OH excluding ortho intramolecular Hbond substituents is 1. The van der Waals surface area contributed by atoms with E-state index < -0.39 is 22.9 Å². The number of rotatable bonds is 1. The fourth-order valence-electron chi connectivity index (χ4n) is 0.703. The fourth-order valence-corrected chi connectivity index (χ4v) is 0.867. The van der Waals surface area contributed by atoms with Gasteiger partial charge in [-0.15, -0.1) is 13.2 Å². The number of hydrogen-bond acceptors (Lipinski definition) is 2. The molecular formula is C7H4ClF3O2. The maximum absolute atomic E-state index is 11.7. The lowest BCUT2D eigenvalue weighted by Crippen LogP contribution is -2.17. The molecule has 1 rings (SSSR count). The Kier molecular flexibility index (Phi) is 2.56. The highest BCUT2D eigenvalue weighted by molar-refractivity contribution is 6.33.